The van der Waals surface area contributed by atoms with E-state index in [9.17, 15) is 9.59 Å². The third-order valence-electron chi connectivity index (χ3n) is 2.81. The number of hydrogen-bond acceptors (Lipinski definition) is 2. The molecule has 0 aliphatic carbocycles. The van der Waals surface area contributed by atoms with Crippen LogP contribution in [0.1, 0.15) is 6.92 Å². The summed E-state index contributed by atoms with van der Waals surface area (Å²) in [5.41, 5.74) is 0. The molecule has 0 unspecified atom stereocenters. The van der Waals surface area contributed by atoms with Crippen molar-refractivity contribution in [3.8, 4) is 0 Å². The molecule has 4 heteroatoms. The van der Waals surface area contributed by atoms with E-state index in [1.807, 2.05) is 17.1 Å². The highest BCUT2D eigenvalue weighted by molar-refractivity contribution is 5.84. The van der Waals surface area contributed by atoms with E-state index >= 15 is 0 Å². The highest BCUT2D eigenvalue weighted by Crippen LogP contribution is 2.19. The van der Waals surface area contributed by atoms with E-state index < -0.39 is 0 Å². The van der Waals surface area contributed by atoms with Gasteiger partial charge in [0.15, 0.2) is 0 Å². The molecule has 0 atom stereocenters. The molecule has 1 saturated heterocycles. The minimum Gasteiger partial charge on any atom is -0.341 e. The molecule has 76 valence electrons. The number of hydrogen-bond donors (Lipinski definition) is 0. The van der Waals surface area contributed by atoms with E-state index in [1.54, 1.807) is 4.90 Å². The van der Waals surface area contributed by atoms with Crippen molar-refractivity contribution in [1.29, 1.82) is 0 Å². The Morgan fingerprint density at radius 2 is 1.71 bits per heavy atom. The summed E-state index contributed by atoms with van der Waals surface area (Å²) in [6, 6.07) is 0. The van der Waals surface area contributed by atoms with Crippen LogP contribution >= 0.6 is 0 Å². The van der Waals surface area contributed by atoms with Gasteiger partial charge in [-0.25, -0.2) is 0 Å². The monoisotopic (exact) mass is 194 g/mol. The zero-order valence-corrected chi connectivity index (χ0v) is 8.27. The standard InChI is InChI=1S/C10H14N2O2/c1-8(13)12-6-9(7-12)10(14)11-4-2-3-5-11/h2-3,9H,4-7H2,1H3. The van der Waals surface area contributed by atoms with Crippen LogP contribution in [0.4, 0.5) is 0 Å². The quantitative estimate of drug-likeness (QED) is 0.545. The van der Waals surface area contributed by atoms with Crippen LogP contribution in [0.5, 0.6) is 0 Å². The first-order chi connectivity index (χ1) is 6.68. The van der Waals surface area contributed by atoms with E-state index in [0.29, 0.717) is 13.1 Å². The lowest BCUT2D eigenvalue weighted by Gasteiger charge is -2.39. The van der Waals surface area contributed by atoms with Gasteiger partial charge in [0.25, 0.3) is 0 Å². The van der Waals surface area contributed by atoms with E-state index in [1.165, 1.54) is 6.92 Å². The minimum absolute atomic E-state index is 0.0406. The Morgan fingerprint density at radius 3 is 2.21 bits per heavy atom. The fourth-order valence-electron chi connectivity index (χ4n) is 1.81. The van der Waals surface area contributed by atoms with Crippen molar-refractivity contribution in [2.45, 2.75) is 6.92 Å². The summed E-state index contributed by atoms with van der Waals surface area (Å²) < 4.78 is 0. The van der Waals surface area contributed by atoms with Gasteiger partial charge in [-0.2, -0.15) is 0 Å². The van der Waals surface area contributed by atoms with Crippen LogP contribution in [0, 0.1) is 5.92 Å². The van der Waals surface area contributed by atoms with Gasteiger partial charge in [-0.05, 0) is 0 Å². The summed E-state index contributed by atoms with van der Waals surface area (Å²) >= 11 is 0. The van der Waals surface area contributed by atoms with Crippen LogP contribution in [0.2, 0.25) is 0 Å². The predicted octanol–water partition coefficient (Wildman–Crippen LogP) is -0.137. The molecule has 0 spiro atoms. The van der Waals surface area contributed by atoms with Crippen molar-refractivity contribution in [3.05, 3.63) is 12.2 Å². The van der Waals surface area contributed by atoms with Crippen LogP contribution in [0.3, 0.4) is 0 Å². The molecule has 14 heavy (non-hydrogen) atoms. The lowest BCUT2D eigenvalue weighted by Crippen LogP contribution is -2.55. The molecule has 0 bridgehead atoms. The maximum absolute atomic E-state index is 11.7. The first kappa shape index (κ1) is 9.24. The smallest absolute Gasteiger partial charge is 0.229 e. The highest BCUT2D eigenvalue weighted by atomic mass is 16.2. The molecule has 2 aliphatic heterocycles. The molecule has 0 radical (unpaired) electrons. The summed E-state index contributed by atoms with van der Waals surface area (Å²) in [4.78, 5) is 26.2. The summed E-state index contributed by atoms with van der Waals surface area (Å²) in [5.74, 6) is 0.292. The first-order valence-corrected chi connectivity index (χ1v) is 4.88. The molecule has 0 saturated carbocycles. The van der Waals surface area contributed by atoms with Crippen molar-refractivity contribution in [2.75, 3.05) is 26.2 Å². The van der Waals surface area contributed by atoms with Gasteiger partial charge in [0, 0.05) is 33.1 Å². The predicted molar refractivity (Wildman–Crippen MR) is 51.5 cm³/mol. The first-order valence-electron chi connectivity index (χ1n) is 4.88. The molecule has 0 aromatic heterocycles. The van der Waals surface area contributed by atoms with Gasteiger partial charge >= 0.3 is 0 Å². The number of rotatable bonds is 1. The van der Waals surface area contributed by atoms with Crippen molar-refractivity contribution >= 4 is 11.8 Å². The second kappa shape index (κ2) is 3.44. The SMILES string of the molecule is CC(=O)N1CC(C(=O)N2CC=CC2)C1. The Balaban J connectivity index is 1.81. The molecule has 4 nitrogen and oxygen atoms in total. The molecular weight excluding hydrogens is 180 g/mol. The maximum Gasteiger partial charge on any atom is 0.229 e. The van der Waals surface area contributed by atoms with Gasteiger partial charge in [-0.3, -0.25) is 9.59 Å². The molecule has 2 rings (SSSR count). The molecular formula is C10H14N2O2. The summed E-state index contributed by atoms with van der Waals surface area (Å²) in [6.45, 7) is 4.21. The third-order valence-corrected chi connectivity index (χ3v) is 2.81. The average Bonchev–Trinajstić information content (AvgIpc) is 2.51. The summed E-state index contributed by atoms with van der Waals surface area (Å²) in [7, 11) is 0. The zero-order valence-electron chi connectivity index (χ0n) is 8.27. The molecule has 2 heterocycles. The van der Waals surface area contributed by atoms with E-state index in [2.05, 4.69) is 0 Å². The van der Waals surface area contributed by atoms with Crippen LogP contribution in [0.25, 0.3) is 0 Å². The topological polar surface area (TPSA) is 40.6 Å². The Bertz CT molecular complexity index is 284. The zero-order chi connectivity index (χ0) is 10.1. The van der Waals surface area contributed by atoms with Gasteiger partial charge in [0.1, 0.15) is 0 Å². The van der Waals surface area contributed by atoms with Crippen LogP contribution < -0.4 is 0 Å². The van der Waals surface area contributed by atoms with Crippen molar-refractivity contribution in [2.24, 2.45) is 5.92 Å². The van der Waals surface area contributed by atoms with Gasteiger partial charge in [0.2, 0.25) is 11.8 Å². The van der Waals surface area contributed by atoms with Crippen LogP contribution in [-0.2, 0) is 9.59 Å². The summed E-state index contributed by atoms with van der Waals surface area (Å²) in [5, 5.41) is 0. The fourth-order valence-corrected chi connectivity index (χ4v) is 1.81. The number of nitrogens with zero attached hydrogens (tertiary/aromatic N) is 2. The van der Waals surface area contributed by atoms with Crippen molar-refractivity contribution in [3.63, 3.8) is 0 Å². The molecule has 0 aromatic rings. The van der Waals surface area contributed by atoms with Gasteiger partial charge in [-0.15, -0.1) is 0 Å². The van der Waals surface area contributed by atoms with Gasteiger partial charge in [0.05, 0.1) is 5.92 Å². The average molecular weight is 194 g/mol. The van der Waals surface area contributed by atoms with Gasteiger partial charge in [-0.1, -0.05) is 12.2 Å². The van der Waals surface area contributed by atoms with Crippen LogP contribution in [0.15, 0.2) is 12.2 Å². The van der Waals surface area contributed by atoms with Crippen molar-refractivity contribution in [1.82, 2.24) is 9.80 Å². The molecule has 0 N–H and O–H groups in total. The second-order valence-electron chi connectivity index (χ2n) is 3.84. The summed E-state index contributed by atoms with van der Waals surface area (Å²) in [6.07, 6.45) is 4.00. The third kappa shape index (κ3) is 1.52. The normalized spacial score (nSPS) is 21.2. The Hall–Kier alpha value is -1.32. The maximum atomic E-state index is 11.7. The highest BCUT2D eigenvalue weighted by Gasteiger charge is 2.36. The number of carbonyl (C=O) groups is 2. The minimum atomic E-state index is 0.0406. The number of likely N-dealkylation sites (tertiary alicyclic amines) is 1. The number of carbonyl (C=O) groups excluding carboxylic acids is 2. The molecule has 2 aliphatic rings. The van der Waals surface area contributed by atoms with E-state index in [0.717, 1.165) is 13.1 Å². The molecule has 0 aromatic carbocycles. The Kier molecular flexibility index (Phi) is 2.27. The fraction of sp³-hybridized carbons (Fsp3) is 0.600. The lowest BCUT2D eigenvalue weighted by atomic mass is 9.98. The Morgan fingerprint density at radius 1 is 1.14 bits per heavy atom. The second-order valence-corrected chi connectivity index (χ2v) is 3.84. The number of amides is 2. The largest absolute Gasteiger partial charge is 0.341 e. The van der Waals surface area contributed by atoms with E-state index in [4.69, 9.17) is 0 Å². The molecule has 2 amide bonds. The molecule has 1 fully saturated rings. The van der Waals surface area contributed by atoms with Crippen molar-refractivity contribution < 1.29 is 9.59 Å². The van der Waals surface area contributed by atoms with Crippen LogP contribution in [-0.4, -0.2) is 47.8 Å². The lowest BCUT2D eigenvalue weighted by molar-refractivity contribution is -0.146. The Labute approximate surface area is 83.2 Å². The van der Waals surface area contributed by atoms with E-state index in [-0.39, 0.29) is 17.7 Å². The van der Waals surface area contributed by atoms with Gasteiger partial charge < -0.3 is 9.80 Å².